The van der Waals surface area contributed by atoms with Crippen molar-refractivity contribution in [3.8, 4) is 0 Å². The Hall–Kier alpha value is -2.63. The zero-order chi connectivity index (χ0) is 16.1. The van der Waals surface area contributed by atoms with Crippen molar-refractivity contribution in [1.29, 1.82) is 0 Å². The number of carboxylic acid groups (broad SMARTS) is 1. The predicted octanol–water partition coefficient (Wildman–Crippen LogP) is 1.41. The number of nitrogens with zero attached hydrogens (tertiary/aromatic N) is 2. The van der Waals surface area contributed by atoms with Gasteiger partial charge in [-0.25, -0.2) is 4.79 Å². The van der Waals surface area contributed by atoms with Crippen molar-refractivity contribution in [2.75, 3.05) is 0 Å². The molecule has 0 aliphatic rings. The first-order chi connectivity index (χ1) is 10.5. The summed E-state index contributed by atoms with van der Waals surface area (Å²) in [6, 6.07) is 8.24. The van der Waals surface area contributed by atoms with Crippen LogP contribution in [0.5, 0.6) is 0 Å². The highest BCUT2D eigenvalue weighted by Crippen LogP contribution is 2.09. The van der Waals surface area contributed by atoms with Gasteiger partial charge >= 0.3 is 5.97 Å². The Morgan fingerprint density at radius 2 is 2.00 bits per heavy atom. The number of carbonyl (C=O) groups excluding carboxylic acids is 1. The minimum atomic E-state index is -1.06. The van der Waals surface area contributed by atoms with Gasteiger partial charge in [-0.05, 0) is 12.0 Å². The number of aryl methyl sites for hydroxylation is 2. The average Bonchev–Trinajstić information content (AvgIpc) is 2.88. The third-order valence-electron chi connectivity index (χ3n) is 3.37. The molecule has 0 aliphatic heterocycles. The molecule has 0 unspecified atom stereocenters. The first kappa shape index (κ1) is 15.8. The zero-order valence-electron chi connectivity index (χ0n) is 12.6. The molecule has 0 aliphatic carbocycles. The Labute approximate surface area is 128 Å². The van der Waals surface area contributed by atoms with Crippen molar-refractivity contribution in [3.05, 3.63) is 53.3 Å². The van der Waals surface area contributed by atoms with E-state index in [2.05, 4.69) is 10.4 Å². The monoisotopic (exact) mass is 301 g/mol. The molecule has 22 heavy (non-hydrogen) atoms. The molecule has 2 rings (SSSR count). The van der Waals surface area contributed by atoms with E-state index < -0.39 is 17.9 Å². The van der Waals surface area contributed by atoms with Crippen LogP contribution in [-0.2, 0) is 24.7 Å². The molecule has 1 amide bonds. The molecule has 0 bridgehead atoms. The highest BCUT2D eigenvalue weighted by Gasteiger charge is 2.23. The summed E-state index contributed by atoms with van der Waals surface area (Å²) in [6.07, 6.45) is 2.46. The third kappa shape index (κ3) is 3.72. The Bertz CT molecular complexity index is 665. The SMILES string of the molecule is CCc1nn(C)cc1C(=O)N[C@@H](Cc1ccccc1)C(=O)O. The van der Waals surface area contributed by atoms with Crippen molar-refractivity contribution < 1.29 is 14.7 Å². The lowest BCUT2D eigenvalue weighted by molar-refractivity contribution is -0.139. The molecule has 116 valence electrons. The molecule has 2 aromatic rings. The van der Waals surface area contributed by atoms with E-state index in [9.17, 15) is 14.7 Å². The van der Waals surface area contributed by atoms with Gasteiger partial charge in [-0.2, -0.15) is 5.10 Å². The number of nitrogens with one attached hydrogen (secondary N) is 1. The number of carboxylic acids is 1. The first-order valence-corrected chi connectivity index (χ1v) is 7.11. The van der Waals surface area contributed by atoms with Crippen LogP contribution in [0.4, 0.5) is 0 Å². The molecular formula is C16H19N3O3. The maximum atomic E-state index is 12.3. The second-order valence-electron chi connectivity index (χ2n) is 5.07. The standard InChI is InChI=1S/C16H19N3O3/c1-3-13-12(10-19(2)18-13)15(20)17-14(16(21)22)9-11-7-5-4-6-8-11/h4-8,10,14H,3,9H2,1-2H3,(H,17,20)(H,21,22)/t14-/m0/s1. The lowest BCUT2D eigenvalue weighted by Gasteiger charge is -2.14. The molecular weight excluding hydrogens is 282 g/mol. The Balaban J connectivity index is 2.14. The third-order valence-corrected chi connectivity index (χ3v) is 3.37. The number of hydrogen-bond acceptors (Lipinski definition) is 3. The van der Waals surface area contributed by atoms with Gasteiger partial charge in [0.1, 0.15) is 6.04 Å². The van der Waals surface area contributed by atoms with Crippen LogP contribution in [-0.4, -0.2) is 32.8 Å². The van der Waals surface area contributed by atoms with Crippen molar-refractivity contribution in [3.63, 3.8) is 0 Å². The van der Waals surface area contributed by atoms with Crippen molar-refractivity contribution in [2.24, 2.45) is 7.05 Å². The molecule has 0 spiro atoms. The van der Waals surface area contributed by atoms with Crippen molar-refractivity contribution in [2.45, 2.75) is 25.8 Å². The van der Waals surface area contributed by atoms with Gasteiger partial charge in [0, 0.05) is 19.7 Å². The lowest BCUT2D eigenvalue weighted by Crippen LogP contribution is -2.42. The van der Waals surface area contributed by atoms with E-state index in [1.165, 1.54) is 0 Å². The lowest BCUT2D eigenvalue weighted by atomic mass is 10.1. The normalized spacial score (nSPS) is 11.9. The number of rotatable bonds is 6. The number of aromatic nitrogens is 2. The Morgan fingerprint density at radius 1 is 1.32 bits per heavy atom. The summed E-state index contributed by atoms with van der Waals surface area (Å²) in [5.74, 6) is -1.47. The number of aliphatic carboxylic acids is 1. The molecule has 0 saturated carbocycles. The first-order valence-electron chi connectivity index (χ1n) is 7.11. The van der Waals surface area contributed by atoms with Gasteiger partial charge in [0.2, 0.25) is 0 Å². The molecule has 0 radical (unpaired) electrons. The van der Waals surface area contributed by atoms with Crippen LogP contribution in [0.2, 0.25) is 0 Å². The van der Waals surface area contributed by atoms with Gasteiger partial charge in [0.25, 0.3) is 5.91 Å². The van der Waals surface area contributed by atoms with Crippen molar-refractivity contribution in [1.82, 2.24) is 15.1 Å². The van der Waals surface area contributed by atoms with Gasteiger partial charge in [-0.15, -0.1) is 0 Å². The van der Waals surface area contributed by atoms with Crippen LogP contribution in [0.25, 0.3) is 0 Å². The minimum Gasteiger partial charge on any atom is -0.480 e. The van der Waals surface area contributed by atoms with E-state index in [4.69, 9.17) is 0 Å². The smallest absolute Gasteiger partial charge is 0.326 e. The fourth-order valence-corrected chi connectivity index (χ4v) is 2.27. The summed E-state index contributed by atoms with van der Waals surface area (Å²) in [6.45, 7) is 1.90. The summed E-state index contributed by atoms with van der Waals surface area (Å²) in [5, 5.41) is 16.1. The number of carbonyl (C=O) groups is 2. The number of benzene rings is 1. The van der Waals surface area contributed by atoms with Gasteiger partial charge in [-0.3, -0.25) is 9.48 Å². The molecule has 0 saturated heterocycles. The second kappa shape index (κ2) is 6.89. The predicted molar refractivity (Wildman–Crippen MR) is 81.6 cm³/mol. The van der Waals surface area contributed by atoms with E-state index in [1.54, 1.807) is 17.9 Å². The Morgan fingerprint density at radius 3 is 2.59 bits per heavy atom. The number of amides is 1. The largest absolute Gasteiger partial charge is 0.480 e. The van der Waals surface area contributed by atoms with Gasteiger partial charge < -0.3 is 10.4 Å². The van der Waals surface area contributed by atoms with E-state index in [1.807, 2.05) is 37.3 Å². The van der Waals surface area contributed by atoms with E-state index in [-0.39, 0.29) is 6.42 Å². The van der Waals surface area contributed by atoms with Crippen LogP contribution < -0.4 is 5.32 Å². The fourth-order valence-electron chi connectivity index (χ4n) is 2.27. The van der Waals surface area contributed by atoms with Crippen LogP contribution in [0.15, 0.2) is 36.5 Å². The summed E-state index contributed by atoms with van der Waals surface area (Å²) in [7, 11) is 1.73. The average molecular weight is 301 g/mol. The number of hydrogen-bond donors (Lipinski definition) is 2. The minimum absolute atomic E-state index is 0.240. The fraction of sp³-hybridized carbons (Fsp3) is 0.312. The summed E-state index contributed by atoms with van der Waals surface area (Å²) < 4.78 is 1.56. The maximum absolute atomic E-state index is 12.3. The summed E-state index contributed by atoms with van der Waals surface area (Å²) in [4.78, 5) is 23.7. The van der Waals surface area contributed by atoms with Crippen LogP contribution in [0.1, 0.15) is 28.5 Å². The van der Waals surface area contributed by atoms with E-state index >= 15 is 0 Å². The quantitative estimate of drug-likeness (QED) is 0.845. The summed E-state index contributed by atoms with van der Waals surface area (Å²) in [5.41, 5.74) is 1.94. The topological polar surface area (TPSA) is 84.2 Å². The molecule has 1 aromatic heterocycles. The van der Waals surface area contributed by atoms with Gasteiger partial charge in [-0.1, -0.05) is 37.3 Å². The molecule has 0 fully saturated rings. The molecule has 6 nitrogen and oxygen atoms in total. The summed E-state index contributed by atoms with van der Waals surface area (Å²) >= 11 is 0. The van der Waals surface area contributed by atoms with E-state index in [0.717, 1.165) is 5.56 Å². The van der Waals surface area contributed by atoms with Crippen LogP contribution in [0.3, 0.4) is 0 Å². The van der Waals surface area contributed by atoms with Crippen LogP contribution in [0, 0.1) is 0 Å². The molecule has 1 heterocycles. The maximum Gasteiger partial charge on any atom is 0.326 e. The van der Waals surface area contributed by atoms with Crippen molar-refractivity contribution >= 4 is 11.9 Å². The van der Waals surface area contributed by atoms with E-state index in [0.29, 0.717) is 17.7 Å². The highest BCUT2D eigenvalue weighted by molar-refractivity contribution is 5.97. The zero-order valence-corrected chi connectivity index (χ0v) is 12.6. The highest BCUT2D eigenvalue weighted by atomic mass is 16.4. The molecule has 1 aromatic carbocycles. The molecule has 2 N–H and O–H groups in total. The molecule has 6 heteroatoms. The van der Waals surface area contributed by atoms with Gasteiger partial charge in [0.05, 0.1) is 11.3 Å². The van der Waals surface area contributed by atoms with Crippen LogP contribution >= 0.6 is 0 Å². The second-order valence-corrected chi connectivity index (χ2v) is 5.07. The Kier molecular flexibility index (Phi) is 4.93. The van der Waals surface area contributed by atoms with Gasteiger partial charge in [0.15, 0.2) is 0 Å². The molecule has 1 atom stereocenters.